The average molecular weight is 1060 g/mol. The Morgan fingerprint density at radius 2 is 0.667 bits per heavy atom. The van der Waals surface area contributed by atoms with E-state index in [1.54, 1.807) is 0 Å². The molecule has 0 aliphatic carbocycles. The van der Waals surface area contributed by atoms with Crippen LogP contribution in [0.3, 0.4) is 0 Å². The van der Waals surface area contributed by atoms with Crippen molar-refractivity contribution in [3.05, 3.63) is 24.3 Å². The van der Waals surface area contributed by atoms with Gasteiger partial charge in [0.05, 0.1) is 25.4 Å². The lowest BCUT2D eigenvalue weighted by Gasteiger charge is -2.22. The van der Waals surface area contributed by atoms with Crippen molar-refractivity contribution in [3.63, 3.8) is 0 Å². The zero-order chi connectivity index (χ0) is 54.3. The first-order valence-electron chi connectivity index (χ1n) is 34.1. The number of amides is 1. The lowest BCUT2D eigenvalue weighted by atomic mass is 10.0. The molecule has 3 N–H and O–H groups in total. The molecule has 0 aliphatic rings. The fourth-order valence-electron chi connectivity index (χ4n) is 10.8. The molecule has 0 saturated heterocycles. The number of unbranched alkanes of at least 4 members (excludes halogenated alkanes) is 49. The number of carbonyl (C=O) groups is 2. The highest BCUT2D eigenvalue weighted by Crippen LogP contribution is 2.19. The minimum absolute atomic E-state index is 0.0113. The quantitative estimate of drug-likeness (QED) is 0.0320. The maximum absolute atomic E-state index is 12.5. The van der Waals surface area contributed by atoms with Crippen molar-refractivity contribution in [2.24, 2.45) is 0 Å². The summed E-state index contributed by atoms with van der Waals surface area (Å²) in [5.41, 5.74) is 0. The van der Waals surface area contributed by atoms with Crippen LogP contribution >= 0.6 is 0 Å². The van der Waals surface area contributed by atoms with Crippen LogP contribution < -0.4 is 5.32 Å². The lowest BCUT2D eigenvalue weighted by Crippen LogP contribution is -2.45. The second-order valence-corrected chi connectivity index (χ2v) is 23.5. The van der Waals surface area contributed by atoms with Crippen molar-refractivity contribution in [3.8, 4) is 0 Å². The van der Waals surface area contributed by atoms with Gasteiger partial charge in [0, 0.05) is 12.8 Å². The van der Waals surface area contributed by atoms with Gasteiger partial charge in [0.15, 0.2) is 0 Å². The molecule has 0 rings (SSSR count). The maximum Gasteiger partial charge on any atom is 0.305 e. The van der Waals surface area contributed by atoms with Crippen LogP contribution in [0.5, 0.6) is 0 Å². The van der Waals surface area contributed by atoms with Gasteiger partial charge < -0.3 is 20.3 Å². The SMILES string of the molecule is CCCCCC/C=C\C/C=C\CCCCCCCCCC(=O)OCCCCCCCCCCCCCCCCCCCCCCCCCCCCCC(=O)NC(CO)C(O)CCCCCCCCCCCCCCC. The second kappa shape index (κ2) is 64.9. The van der Waals surface area contributed by atoms with Gasteiger partial charge in [-0.25, -0.2) is 0 Å². The van der Waals surface area contributed by atoms with E-state index in [0.29, 0.717) is 25.9 Å². The van der Waals surface area contributed by atoms with Gasteiger partial charge >= 0.3 is 5.97 Å². The van der Waals surface area contributed by atoms with Crippen LogP contribution in [-0.2, 0) is 14.3 Å². The summed E-state index contributed by atoms with van der Waals surface area (Å²) in [5.74, 6) is -0.0192. The lowest BCUT2D eigenvalue weighted by molar-refractivity contribution is -0.143. The monoisotopic (exact) mass is 1060 g/mol. The van der Waals surface area contributed by atoms with Crippen LogP contribution in [0.15, 0.2) is 24.3 Å². The van der Waals surface area contributed by atoms with E-state index < -0.39 is 12.1 Å². The molecule has 0 aromatic rings. The Kier molecular flexibility index (Phi) is 63.4. The van der Waals surface area contributed by atoms with Gasteiger partial charge in [-0.1, -0.05) is 334 Å². The molecule has 75 heavy (non-hydrogen) atoms. The third-order valence-corrected chi connectivity index (χ3v) is 16.0. The molecule has 6 heteroatoms. The van der Waals surface area contributed by atoms with Crippen molar-refractivity contribution in [1.82, 2.24) is 5.32 Å². The van der Waals surface area contributed by atoms with Gasteiger partial charge in [-0.05, 0) is 57.8 Å². The zero-order valence-corrected chi connectivity index (χ0v) is 50.8. The predicted octanol–water partition coefficient (Wildman–Crippen LogP) is 21.8. The predicted molar refractivity (Wildman–Crippen MR) is 329 cm³/mol. The highest BCUT2D eigenvalue weighted by Gasteiger charge is 2.20. The van der Waals surface area contributed by atoms with Crippen molar-refractivity contribution >= 4 is 11.9 Å². The number of hydrogen-bond acceptors (Lipinski definition) is 5. The number of ether oxygens (including phenoxy) is 1. The molecule has 444 valence electrons. The third kappa shape index (κ3) is 61.4. The number of allylic oxidation sites excluding steroid dienone is 4. The molecule has 0 spiro atoms. The summed E-state index contributed by atoms with van der Waals surface area (Å²) >= 11 is 0. The Morgan fingerprint density at radius 3 is 1.03 bits per heavy atom. The van der Waals surface area contributed by atoms with E-state index in [1.807, 2.05) is 0 Å². The van der Waals surface area contributed by atoms with E-state index >= 15 is 0 Å². The third-order valence-electron chi connectivity index (χ3n) is 16.0. The standard InChI is InChI=1S/C69H133NO5/c1-3-5-7-9-11-13-15-17-18-19-32-35-39-43-47-51-55-59-63-69(74)75-64-60-56-52-48-44-40-36-33-30-28-26-24-22-20-21-23-25-27-29-31-34-38-42-46-50-54-58-62-68(73)70-66(65-71)67(72)61-57-53-49-45-41-37-16-14-12-10-8-6-4-2/h13,15,18-19,66-67,71-72H,3-12,14,16-17,20-65H2,1-2H3,(H,70,73)/b15-13-,19-18-. The summed E-state index contributed by atoms with van der Waals surface area (Å²) in [7, 11) is 0. The van der Waals surface area contributed by atoms with E-state index in [2.05, 4.69) is 43.5 Å². The maximum atomic E-state index is 12.5. The summed E-state index contributed by atoms with van der Waals surface area (Å²) in [4.78, 5) is 24.6. The fraction of sp³-hybridized carbons (Fsp3) is 0.913. The Labute approximate surface area is 469 Å². The van der Waals surface area contributed by atoms with Crippen LogP contribution in [0.1, 0.15) is 380 Å². The van der Waals surface area contributed by atoms with E-state index in [4.69, 9.17) is 4.74 Å². The summed E-state index contributed by atoms with van der Waals surface area (Å²) in [6, 6.07) is -0.538. The molecule has 1 amide bonds. The Bertz CT molecular complexity index is 1170. The average Bonchev–Trinajstić information content (AvgIpc) is 3.41. The van der Waals surface area contributed by atoms with Gasteiger partial charge in [-0.2, -0.15) is 0 Å². The first-order chi connectivity index (χ1) is 37.0. The van der Waals surface area contributed by atoms with Crippen LogP contribution in [-0.4, -0.2) is 47.4 Å². The molecular formula is C69H133NO5. The number of rotatable bonds is 64. The highest BCUT2D eigenvalue weighted by atomic mass is 16.5. The topological polar surface area (TPSA) is 95.9 Å². The number of aliphatic hydroxyl groups is 2. The number of nitrogens with one attached hydrogen (secondary N) is 1. The Hall–Kier alpha value is -1.66. The first-order valence-corrected chi connectivity index (χ1v) is 34.1. The Balaban J connectivity index is 3.33. The van der Waals surface area contributed by atoms with Crippen molar-refractivity contribution in [2.45, 2.75) is 392 Å². The molecule has 2 atom stereocenters. The molecule has 0 aliphatic heterocycles. The number of carbonyl (C=O) groups excluding carboxylic acids is 2. The van der Waals surface area contributed by atoms with E-state index in [9.17, 15) is 19.8 Å². The molecule has 0 aromatic carbocycles. The summed E-state index contributed by atoms with van der Waals surface area (Å²) < 4.78 is 5.50. The number of aliphatic hydroxyl groups excluding tert-OH is 2. The number of esters is 1. The van der Waals surface area contributed by atoms with E-state index in [1.165, 1.54) is 295 Å². The van der Waals surface area contributed by atoms with Crippen LogP contribution in [0.2, 0.25) is 0 Å². The van der Waals surface area contributed by atoms with Crippen LogP contribution in [0, 0.1) is 0 Å². The summed E-state index contributed by atoms with van der Waals surface area (Å²) in [6.45, 7) is 4.96. The minimum Gasteiger partial charge on any atom is -0.466 e. The summed E-state index contributed by atoms with van der Waals surface area (Å²) in [5, 5.41) is 23.3. The molecular weight excluding hydrogens is 923 g/mol. The summed E-state index contributed by atoms with van der Waals surface area (Å²) in [6.07, 6.45) is 80.7. The van der Waals surface area contributed by atoms with E-state index in [-0.39, 0.29) is 18.5 Å². The van der Waals surface area contributed by atoms with Crippen LogP contribution in [0.25, 0.3) is 0 Å². The largest absolute Gasteiger partial charge is 0.466 e. The molecule has 0 heterocycles. The molecule has 0 fully saturated rings. The molecule has 6 nitrogen and oxygen atoms in total. The van der Waals surface area contributed by atoms with Gasteiger partial charge in [0.1, 0.15) is 0 Å². The number of hydrogen-bond donors (Lipinski definition) is 3. The van der Waals surface area contributed by atoms with Gasteiger partial charge in [0.2, 0.25) is 5.91 Å². The molecule has 2 unspecified atom stereocenters. The van der Waals surface area contributed by atoms with E-state index in [0.717, 1.165) is 51.4 Å². The molecule has 0 aromatic heterocycles. The highest BCUT2D eigenvalue weighted by molar-refractivity contribution is 5.76. The fourth-order valence-corrected chi connectivity index (χ4v) is 10.8. The van der Waals surface area contributed by atoms with Crippen molar-refractivity contribution in [2.75, 3.05) is 13.2 Å². The molecule has 0 saturated carbocycles. The van der Waals surface area contributed by atoms with Gasteiger partial charge in [-0.15, -0.1) is 0 Å². The molecule has 0 bridgehead atoms. The smallest absolute Gasteiger partial charge is 0.305 e. The second-order valence-electron chi connectivity index (χ2n) is 23.5. The van der Waals surface area contributed by atoms with Gasteiger partial charge in [-0.3, -0.25) is 9.59 Å². The van der Waals surface area contributed by atoms with Crippen LogP contribution in [0.4, 0.5) is 0 Å². The first kappa shape index (κ1) is 73.3. The van der Waals surface area contributed by atoms with Crippen molar-refractivity contribution < 1.29 is 24.5 Å². The normalized spacial score (nSPS) is 12.6. The molecule has 0 radical (unpaired) electrons. The van der Waals surface area contributed by atoms with Crippen molar-refractivity contribution in [1.29, 1.82) is 0 Å². The van der Waals surface area contributed by atoms with Gasteiger partial charge in [0.25, 0.3) is 0 Å². The Morgan fingerprint density at radius 1 is 0.373 bits per heavy atom. The zero-order valence-electron chi connectivity index (χ0n) is 50.8. The minimum atomic E-state index is -0.661.